The molecule has 0 aliphatic rings. The number of carbonyl (C=O) groups is 1. The summed E-state index contributed by atoms with van der Waals surface area (Å²) in [6.45, 7) is 7.98. The highest BCUT2D eigenvalue weighted by atomic mass is 16.3. The van der Waals surface area contributed by atoms with Crippen LogP contribution in [0.25, 0.3) is 0 Å². The molecule has 17 heavy (non-hydrogen) atoms. The molecule has 1 aromatic heterocycles. The Balaban J connectivity index is 2.41. The summed E-state index contributed by atoms with van der Waals surface area (Å²) in [5.41, 5.74) is 1.07. The lowest BCUT2D eigenvalue weighted by molar-refractivity contribution is -0.114. The molecule has 0 spiro atoms. The Hall–Kier alpha value is -1.31. The third-order valence-corrected chi connectivity index (χ3v) is 2.86. The molecule has 0 bridgehead atoms. The summed E-state index contributed by atoms with van der Waals surface area (Å²) in [7, 11) is 0. The van der Waals surface area contributed by atoms with E-state index in [-0.39, 0.29) is 5.41 Å². The lowest BCUT2D eigenvalue weighted by Gasteiger charge is -2.13. The summed E-state index contributed by atoms with van der Waals surface area (Å²) in [6, 6.07) is 4.02. The maximum absolute atomic E-state index is 10.8. The summed E-state index contributed by atoms with van der Waals surface area (Å²) in [5.74, 6) is 1.99. The fourth-order valence-corrected chi connectivity index (χ4v) is 1.53. The monoisotopic (exact) mass is 234 g/mol. The normalized spacial score (nSPS) is 12.8. The molecule has 0 saturated carbocycles. The van der Waals surface area contributed by atoms with Crippen LogP contribution < -0.4 is 0 Å². The molecule has 0 radical (unpaired) electrons. The second-order valence-electron chi connectivity index (χ2n) is 5.37. The summed E-state index contributed by atoms with van der Waals surface area (Å²) in [5, 5.41) is 0. The molecule has 0 fully saturated rings. The van der Waals surface area contributed by atoms with Crippen LogP contribution in [0.15, 0.2) is 28.2 Å². The number of rotatable bonds is 6. The second kappa shape index (κ2) is 5.85. The zero-order chi connectivity index (χ0) is 12.9. The predicted molar refractivity (Wildman–Crippen MR) is 70.0 cm³/mol. The van der Waals surface area contributed by atoms with Gasteiger partial charge in [-0.3, -0.25) is 0 Å². The van der Waals surface area contributed by atoms with Crippen LogP contribution in [0.1, 0.15) is 45.1 Å². The summed E-state index contributed by atoms with van der Waals surface area (Å²) >= 11 is 0. The quantitative estimate of drug-likeness (QED) is 0.548. The van der Waals surface area contributed by atoms with E-state index in [0.29, 0.717) is 0 Å². The number of hydrogen-bond acceptors (Lipinski definition) is 2. The van der Waals surface area contributed by atoms with Gasteiger partial charge in [0.1, 0.15) is 17.8 Å². The fourth-order valence-electron chi connectivity index (χ4n) is 1.53. The molecule has 1 heterocycles. The first-order chi connectivity index (χ1) is 7.93. The third kappa shape index (κ3) is 5.03. The lowest BCUT2D eigenvalue weighted by Crippen LogP contribution is -2.11. The number of furan rings is 1. The van der Waals surface area contributed by atoms with E-state index in [1.807, 2.05) is 32.9 Å². The minimum atomic E-state index is -0.247. The van der Waals surface area contributed by atoms with Crippen LogP contribution in [0.5, 0.6) is 0 Å². The van der Waals surface area contributed by atoms with Crippen molar-refractivity contribution in [3.63, 3.8) is 0 Å². The first-order valence-electron chi connectivity index (χ1n) is 6.10. The molecule has 94 valence electrons. The van der Waals surface area contributed by atoms with E-state index in [0.717, 1.165) is 37.1 Å². The number of carbonyl (C=O) groups excluding carboxylic acids is 1. The molecule has 0 unspecified atom stereocenters. The highest BCUT2D eigenvalue weighted by Gasteiger charge is 2.14. The van der Waals surface area contributed by atoms with E-state index < -0.39 is 0 Å². The van der Waals surface area contributed by atoms with E-state index in [1.54, 1.807) is 0 Å². The average Bonchev–Trinajstić information content (AvgIpc) is 2.70. The van der Waals surface area contributed by atoms with Crippen LogP contribution >= 0.6 is 0 Å². The number of aryl methyl sites for hydroxylation is 2. The Morgan fingerprint density at radius 1 is 1.41 bits per heavy atom. The molecule has 2 heteroatoms. The average molecular weight is 234 g/mol. The Bertz CT molecular complexity index is 397. The van der Waals surface area contributed by atoms with Crippen LogP contribution in [-0.2, 0) is 11.2 Å². The maximum atomic E-state index is 10.8. The van der Waals surface area contributed by atoms with Crippen molar-refractivity contribution in [2.24, 2.45) is 5.41 Å². The van der Waals surface area contributed by atoms with Crippen molar-refractivity contribution in [2.45, 2.75) is 47.0 Å². The molecule has 0 aliphatic heterocycles. The minimum absolute atomic E-state index is 0.247. The third-order valence-electron chi connectivity index (χ3n) is 2.86. The van der Waals surface area contributed by atoms with E-state index >= 15 is 0 Å². The van der Waals surface area contributed by atoms with Crippen LogP contribution in [0.2, 0.25) is 0 Å². The molecule has 0 aliphatic carbocycles. The standard InChI is InChI=1S/C15H22O2/c1-12(9-10-15(3,4)11-16)5-7-14-8-6-13(2)17-14/h6,8-9,11H,5,7,10H2,1-4H3/b12-9+. The minimum Gasteiger partial charge on any atom is -0.466 e. The van der Waals surface area contributed by atoms with E-state index in [1.165, 1.54) is 5.57 Å². The number of hydrogen-bond donors (Lipinski definition) is 0. The van der Waals surface area contributed by atoms with Gasteiger partial charge in [0.05, 0.1) is 0 Å². The SMILES string of the molecule is C/C(=C\CC(C)(C)C=O)CCc1ccc(C)o1. The van der Waals surface area contributed by atoms with Crippen LogP contribution in [0, 0.1) is 12.3 Å². The summed E-state index contributed by atoms with van der Waals surface area (Å²) in [6.07, 6.45) is 5.90. The Labute approximate surface area is 104 Å². The molecule has 1 aromatic rings. The smallest absolute Gasteiger partial charge is 0.125 e. The van der Waals surface area contributed by atoms with Crippen LogP contribution in [-0.4, -0.2) is 6.29 Å². The van der Waals surface area contributed by atoms with Crippen molar-refractivity contribution in [3.8, 4) is 0 Å². The highest BCUT2D eigenvalue weighted by molar-refractivity contribution is 5.58. The van der Waals surface area contributed by atoms with Gasteiger partial charge in [-0.15, -0.1) is 0 Å². The van der Waals surface area contributed by atoms with Crippen molar-refractivity contribution in [1.29, 1.82) is 0 Å². The Morgan fingerprint density at radius 2 is 2.12 bits per heavy atom. The van der Waals surface area contributed by atoms with Gasteiger partial charge in [0.15, 0.2) is 0 Å². The van der Waals surface area contributed by atoms with Crippen LogP contribution in [0.4, 0.5) is 0 Å². The molecule has 0 amide bonds. The molecule has 0 aromatic carbocycles. The van der Waals surface area contributed by atoms with E-state index in [4.69, 9.17) is 4.42 Å². The predicted octanol–water partition coefficient (Wildman–Crippen LogP) is 4.08. The van der Waals surface area contributed by atoms with Gasteiger partial charge in [-0.25, -0.2) is 0 Å². The van der Waals surface area contributed by atoms with Crippen molar-refractivity contribution >= 4 is 6.29 Å². The first-order valence-corrected chi connectivity index (χ1v) is 6.10. The van der Waals surface area contributed by atoms with Gasteiger partial charge in [-0.2, -0.15) is 0 Å². The second-order valence-corrected chi connectivity index (χ2v) is 5.37. The van der Waals surface area contributed by atoms with Gasteiger partial charge in [0, 0.05) is 11.8 Å². The van der Waals surface area contributed by atoms with Gasteiger partial charge in [-0.1, -0.05) is 25.5 Å². The van der Waals surface area contributed by atoms with E-state index in [2.05, 4.69) is 13.0 Å². The number of allylic oxidation sites excluding steroid dienone is 2. The maximum Gasteiger partial charge on any atom is 0.125 e. The van der Waals surface area contributed by atoms with Crippen molar-refractivity contribution in [3.05, 3.63) is 35.3 Å². The van der Waals surface area contributed by atoms with Gasteiger partial charge in [0.2, 0.25) is 0 Å². The topological polar surface area (TPSA) is 30.2 Å². The Morgan fingerprint density at radius 3 is 2.65 bits per heavy atom. The van der Waals surface area contributed by atoms with Crippen molar-refractivity contribution < 1.29 is 9.21 Å². The first kappa shape index (κ1) is 13.8. The molecular formula is C15H22O2. The van der Waals surface area contributed by atoms with Gasteiger partial charge in [0.25, 0.3) is 0 Å². The lowest BCUT2D eigenvalue weighted by atomic mass is 9.90. The molecule has 0 atom stereocenters. The zero-order valence-electron chi connectivity index (χ0n) is 11.2. The molecule has 0 saturated heterocycles. The van der Waals surface area contributed by atoms with Gasteiger partial charge < -0.3 is 9.21 Å². The fraction of sp³-hybridized carbons (Fsp3) is 0.533. The summed E-state index contributed by atoms with van der Waals surface area (Å²) < 4.78 is 5.52. The zero-order valence-corrected chi connectivity index (χ0v) is 11.2. The summed E-state index contributed by atoms with van der Waals surface area (Å²) in [4.78, 5) is 10.8. The van der Waals surface area contributed by atoms with E-state index in [9.17, 15) is 4.79 Å². The largest absolute Gasteiger partial charge is 0.466 e. The molecule has 0 N–H and O–H groups in total. The molecular weight excluding hydrogens is 212 g/mol. The highest BCUT2D eigenvalue weighted by Crippen LogP contribution is 2.20. The van der Waals surface area contributed by atoms with Crippen molar-refractivity contribution in [1.82, 2.24) is 0 Å². The van der Waals surface area contributed by atoms with Gasteiger partial charge in [-0.05, 0) is 38.8 Å². The number of aldehydes is 1. The Kier molecular flexibility index (Phi) is 4.73. The van der Waals surface area contributed by atoms with Crippen molar-refractivity contribution in [2.75, 3.05) is 0 Å². The molecule has 1 rings (SSSR count). The molecule has 2 nitrogen and oxygen atoms in total. The van der Waals surface area contributed by atoms with Gasteiger partial charge >= 0.3 is 0 Å². The van der Waals surface area contributed by atoms with Crippen LogP contribution in [0.3, 0.4) is 0 Å².